The molecule has 2 aromatic rings. The molecule has 0 bridgehead atoms. The molecular formula is C19H29N4O2S+. The van der Waals surface area contributed by atoms with Crippen LogP contribution in [0.2, 0.25) is 0 Å². The topological polar surface area (TPSA) is 68.4 Å². The van der Waals surface area contributed by atoms with Gasteiger partial charge in [-0.05, 0) is 32.9 Å². The second-order valence-corrected chi connectivity index (χ2v) is 7.61. The van der Waals surface area contributed by atoms with E-state index in [0.29, 0.717) is 22.6 Å². The molecule has 7 heteroatoms. The van der Waals surface area contributed by atoms with Gasteiger partial charge in [-0.1, -0.05) is 23.9 Å². The van der Waals surface area contributed by atoms with E-state index in [0.717, 1.165) is 26.1 Å². The molecule has 26 heavy (non-hydrogen) atoms. The second-order valence-electron chi connectivity index (χ2n) is 6.30. The number of nitrogens with zero attached hydrogens (tertiary/aromatic N) is 2. The number of hydrogen-bond acceptors (Lipinski definition) is 4. The average Bonchev–Trinajstić information content (AvgIpc) is 2.66. The lowest BCUT2D eigenvalue weighted by molar-refractivity contribution is -0.896. The number of carbonyl (C=O) groups is 1. The average molecular weight is 378 g/mol. The highest BCUT2D eigenvalue weighted by atomic mass is 32.2. The van der Waals surface area contributed by atoms with Crippen LogP contribution in [0.25, 0.3) is 10.9 Å². The van der Waals surface area contributed by atoms with Crippen LogP contribution in [0, 0.1) is 0 Å². The SMILES string of the molecule is CC[NH+](CC)CCCn1c(S[C@H](C)C(=O)NC)nc2ccccc2c1=O. The zero-order valence-electron chi connectivity index (χ0n) is 16.0. The van der Waals surface area contributed by atoms with Crippen LogP contribution in [0.3, 0.4) is 0 Å². The summed E-state index contributed by atoms with van der Waals surface area (Å²) in [5.74, 6) is -0.0726. The minimum Gasteiger partial charge on any atom is -0.358 e. The number of hydrogen-bond donors (Lipinski definition) is 2. The zero-order valence-corrected chi connectivity index (χ0v) is 16.9. The van der Waals surface area contributed by atoms with Crippen LogP contribution in [0.5, 0.6) is 0 Å². The molecule has 2 N–H and O–H groups in total. The fourth-order valence-electron chi connectivity index (χ4n) is 2.94. The molecule has 6 nitrogen and oxygen atoms in total. The van der Waals surface area contributed by atoms with Crippen molar-refractivity contribution in [2.45, 2.75) is 44.1 Å². The second kappa shape index (κ2) is 9.73. The number of quaternary nitrogens is 1. The van der Waals surface area contributed by atoms with E-state index in [1.807, 2.05) is 31.2 Å². The number of aromatic nitrogens is 2. The molecule has 1 amide bonds. The Hall–Kier alpha value is -1.86. The Labute approximate surface area is 159 Å². The fraction of sp³-hybridized carbons (Fsp3) is 0.526. The summed E-state index contributed by atoms with van der Waals surface area (Å²) >= 11 is 1.34. The van der Waals surface area contributed by atoms with Crippen molar-refractivity contribution in [1.82, 2.24) is 14.9 Å². The molecule has 0 aliphatic rings. The molecule has 0 saturated heterocycles. The summed E-state index contributed by atoms with van der Waals surface area (Å²) in [6.45, 7) is 9.97. The van der Waals surface area contributed by atoms with Crippen LogP contribution >= 0.6 is 11.8 Å². The molecule has 0 fully saturated rings. The van der Waals surface area contributed by atoms with Crippen molar-refractivity contribution in [3.63, 3.8) is 0 Å². The number of fused-ring (bicyclic) bond motifs is 1. The number of amides is 1. The van der Waals surface area contributed by atoms with Gasteiger partial charge in [0.15, 0.2) is 5.16 Å². The molecule has 1 aromatic heterocycles. The largest absolute Gasteiger partial charge is 0.358 e. The van der Waals surface area contributed by atoms with E-state index in [1.165, 1.54) is 16.7 Å². The number of nitrogens with one attached hydrogen (secondary N) is 2. The molecule has 1 atom stereocenters. The minimum atomic E-state index is -0.312. The third kappa shape index (κ3) is 4.86. The van der Waals surface area contributed by atoms with E-state index in [4.69, 9.17) is 0 Å². The maximum atomic E-state index is 13.0. The van der Waals surface area contributed by atoms with Gasteiger partial charge in [0.1, 0.15) is 0 Å². The van der Waals surface area contributed by atoms with Gasteiger partial charge < -0.3 is 10.2 Å². The molecule has 0 saturated carbocycles. The zero-order chi connectivity index (χ0) is 19.1. The van der Waals surface area contributed by atoms with Crippen LogP contribution in [-0.4, -0.2) is 47.4 Å². The lowest BCUT2D eigenvalue weighted by Crippen LogP contribution is -3.11. The first kappa shape index (κ1) is 20.5. The third-order valence-electron chi connectivity index (χ3n) is 4.64. The molecule has 0 aliphatic heterocycles. The van der Waals surface area contributed by atoms with Gasteiger partial charge in [0.2, 0.25) is 5.91 Å². The number of para-hydroxylation sites is 1. The molecule has 0 aliphatic carbocycles. The Morgan fingerprint density at radius 2 is 2.00 bits per heavy atom. The Balaban J connectivity index is 2.34. The van der Waals surface area contributed by atoms with E-state index >= 15 is 0 Å². The number of benzene rings is 1. The predicted octanol–water partition coefficient (Wildman–Crippen LogP) is 0.938. The van der Waals surface area contributed by atoms with Crippen molar-refractivity contribution >= 4 is 28.6 Å². The van der Waals surface area contributed by atoms with Gasteiger partial charge in [-0.25, -0.2) is 4.98 Å². The summed E-state index contributed by atoms with van der Waals surface area (Å²) in [5.41, 5.74) is 0.645. The van der Waals surface area contributed by atoms with Gasteiger partial charge in [-0.3, -0.25) is 14.2 Å². The Morgan fingerprint density at radius 1 is 1.31 bits per heavy atom. The molecule has 0 radical (unpaired) electrons. The summed E-state index contributed by atoms with van der Waals surface area (Å²) in [5, 5.41) is 3.57. The number of rotatable bonds is 9. The van der Waals surface area contributed by atoms with Gasteiger partial charge in [-0.2, -0.15) is 0 Å². The van der Waals surface area contributed by atoms with Crippen LogP contribution in [0.4, 0.5) is 0 Å². The third-order valence-corrected chi connectivity index (χ3v) is 5.73. The summed E-state index contributed by atoms with van der Waals surface area (Å²) in [4.78, 5) is 31.1. The molecule has 1 aromatic carbocycles. The molecule has 1 heterocycles. The standard InChI is InChI=1S/C19H28N4O2S/c1-5-22(6-2)12-9-13-23-18(25)15-10-7-8-11-16(15)21-19(23)26-14(3)17(24)20-4/h7-8,10-11,14H,5-6,9,12-13H2,1-4H3,(H,20,24)/p+1/t14-/m1/s1. The number of thioether (sulfide) groups is 1. The minimum absolute atomic E-state index is 0.0308. The maximum Gasteiger partial charge on any atom is 0.262 e. The van der Waals surface area contributed by atoms with Crippen molar-refractivity contribution < 1.29 is 9.69 Å². The Bertz CT molecular complexity index is 802. The molecule has 0 unspecified atom stereocenters. The Kier molecular flexibility index (Phi) is 7.66. The van der Waals surface area contributed by atoms with E-state index in [-0.39, 0.29) is 16.7 Å². The Morgan fingerprint density at radius 3 is 2.65 bits per heavy atom. The van der Waals surface area contributed by atoms with Crippen molar-refractivity contribution in [1.29, 1.82) is 0 Å². The van der Waals surface area contributed by atoms with E-state index in [2.05, 4.69) is 24.1 Å². The molecule has 2 rings (SSSR count). The van der Waals surface area contributed by atoms with Crippen molar-refractivity contribution in [2.24, 2.45) is 0 Å². The maximum absolute atomic E-state index is 13.0. The fourth-order valence-corrected chi connectivity index (χ4v) is 3.93. The molecular weight excluding hydrogens is 348 g/mol. The lowest BCUT2D eigenvalue weighted by Gasteiger charge is -2.18. The quantitative estimate of drug-likeness (QED) is 0.504. The summed E-state index contributed by atoms with van der Waals surface area (Å²) in [7, 11) is 1.62. The highest BCUT2D eigenvalue weighted by molar-refractivity contribution is 8.00. The van der Waals surface area contributed by atoms with E-state index < -0.39 is 0 Å². The van der Waals surface area contributed by atoms with Gasteiger partial charge >= 0.3 is 0 Å². The highest BCUT2D eigenvalue weighted by Gasteiger charge is 2.18. The van der Waals surface area contributed by atoms with Crippen LogP contribution < -0.4 is 15.8 Å². The van der Waals surface area contributed by atoms with Crippen LogP contribution in [0.1, 0.15) is 27.2 Å². The highest BCUT2D eigenvalue weighted by Crippen LogP contribution is 2.22. The normalized spacial score (nSPS) is 12.5. The van der Waals surface area contributed by atoms with Gasteiger partial charge in [-0.15, -0.1) is 0 Å². The van der Waals surface area contributed by atoms with Gasteiger partial charge in [0, 0.05) is 20.0 Å². The monoisotopic (exact) mass is 377 g/mol. The van der Waals surface area contributed by atoms with Crippen molar-refractivity contribution in [3.05, 3.63) is 34.6 Å². The molecule has 0 spiro atoms. The first-order valence-electron chi connectivity index (χ1n) is 9.23. The predicted molar refractivity (Wildman–Crippen MR) is 107 cm³/mol. The summed E-state index contributed by atoms with van der Waals surface area (Å²) in [6, 6.07) is 7.39. The summed E-state index contributed by atoms with van der Waals surface area (Å²) in [6.07, 6.45) is 0.902. The van der Waals surface area contributed by atoms with E-state index in [9.17, 15) is 9.59 Å². The smallest absolute Gasteiger partial charge is 0.262 e. The van der Waals surface area contributed by atoms with Crippen LogP contribution in [0.15, 0.2) is 34.2 Å². The van der Waals surface area contributed by atoms with Gasteiger partial charge in [0.25, 0.3) is 5.56 Å². The van der Waals surface area contributed by atoms with Gasteiger partial charge in [0.05, 0.1) is 35.8 Å². The first-order valence-corrected chi connectivity index (χ1v) is 10.1. The lowest BCUT2D eigenvalue weighted by atomic mass is 10.2. The van der Waals surface area contributed by atoms with Crippen molar-refractivity contribution in [2.75, 3.05) is 26.7 Å². The first-order chi connectivity index (χ1) is 12.5. The van der Waals surface area contributed by atoms with Crippen LogP contribution in [-0.2, 0) is 11.3 Å². The van der Waals surface area contributed by atoms with E-state index in [1.54, 1.807) is 11.6 Å². The number of carbonyl (C=O) groups excluding carboxylic acids is 1. The van der Waals surface area contributed by atoms with Crippen molar-refractivity contribution in [3.8, 4) is 0 Å². The molecule has 142 valence electrons. The summed E-state index contributed by atoms with van der Waals surface area (Å²) < 4.78 is 1.73.